The van der Waals surface area contributed by atoms with Gasteiger partial charge in [-0.05, 0) is 34.5 Å². The fourth-order valence-electron chi connectivity index (χ4n) is 1.27. The van der Waals surface area contributed by atoms with Crippen molar-refractivity contribution in [3.8, 4) is 5.82 Å². The molecule has 14 heavy (non-hydrogen) atoms. The molecule has 0 radical (unpaired) electrons. The number of halogens is 1. The maximum atomic E-state index is 11.3. The molecule has 0 aromatic carbocycles. The average molecular weight is 254 g/mol. The highest BCUT2D eigenvalue weighted by Gasteiger charge is 2.04. The Kier molecular flexibility index (Phi) is 2.25. The fourth-order valence-corrected chi connectivity index (χ4v) is 1.72. The van der Waals surface area contributed by atoms with E-state index in [1.807, 2.05) is 13.0 Å². The van der Waals surface area contributed by atoms with Crippen LogP contribution in [0.1, 0.15) is 5.56 Å². The third-order valence-electron chi connectivity index (χ3n) is 1.89. The lowest BCUT2D eigenvalue weighted by Gasteiger charge is -2.03. The zero-order valence-corrected chi connectivity index (χ0v) is 9.08. The first kappa shape index (κ1) is 9.21. The summed E-state index contributed by atoms with van der Waals surface area (Å²) < 4.78 is 2.38. The fraction of sp³-hybridized carbons (Fsp3) is 0.111. The van der Waals surface area contributed by atoms with Gasteiger partial charge in [-0.25, -0.2) is 9.78 Å². The highest BCUT2D eigenvalue weighted by Crippen LogP contribution is 2.14. The second-order valence-electron chi connectivity index (χ2n) is 2.93. The van der Waals surface area contributed by atoms with E-state index in [1.54, 1.807) is 18.6 Å². The molecular formula is C9H8BrN3O. The van der Waals surface area contributed by atoms with Gasteiger partial charge in [0, 0.05) is 23.1 Å². The highest BCUT2D eigenvalue weighted by molar-refractivity contribution is 9.10. The first-order valence-electron chi connectivity index (χ1n) is 4.07. The van der Waals surface area contributed by atoms with Crippen molar-refractivity contribution in [3.63, 3.8) is 0 Å². The van der Waals surface area contributed by atoms with E-state index in [2.05, 4.69) is 25.9 Å². The molecule has 72 valence electrons. The second-order valence-corrected chi connectivity index (χ2v) is 3.84. The summed E-state index contributed by atoms with van der Waals surface area (Å²) in [4.78, 5) is 18.1. The van der Waals surface area contributed by atoms with Crippen LogP contribution in [0, 0.1) is 6.92 Å². The Hall–Kier alpha value is -1.36. The van der Waals surface area contributed by atoms with Crippen LogP contribution in [0.15, 0.2) is 33.9 Å². The molecule has 0 aliphatic rings. The third kappa shape index (κ3) is 1.50. The van der Waals surface area contributed by atoms with Crippen molar-refractivity contribution >= 4 is 15.9 Å². The van der Waals surface area contributed by atoms with Crippen molar-refractivity contribution in [3.05, 3.63) is 45.2 Å². The van der Waals surface area contributed by atoms with Crippen LogP contribution in [0.25, 0.3) is 5.82 Å². The highest BCUT2D eigenvalue weighted by atomic mass is 79.9. The summed E-state index contributed by atoms with van der Waals surface area (Å²) in [6.45, 7) is 1.91. The van der Waals surface area contributed by atoms with E-state index in [0.717, 1.165) is 10.0 Å². The summed E-state index contributed by atoms with van der Waals surface area (Å²) in [5, 5.41) is 0. The third-order valence-corrected chi connectivity index (χ3v) is 2.33. The van der Waals surface area contributed by atoms with Crippen LogP contribution >= 0.6 is 15.9 Å². The van der Waals surface area contributed by atoms with Gasteiger partial charge in [0.1, 0.15) is 5.82 Å². The molecule has 0 bridgehead atoms. The molecule has 5 heteroatoms. The minimum absolute atomic E-state index is 0.178. The SMILES string of the molecule is Cc1cc(Br)cnc1-n1cc[nH]c1=O. The van der Waals surface area contributed by atoms with Gasteiger partial charge in [0.2, 0.25) is 0 Å². The predicted molar refractivity (Wildman–Crippen MR) is 56.6 cm³/mol. The standard InChI is InChI=1S/C9H8BrN3O/c1-6-4-7(10)5-12-8(6)13-3-2-11-9(13)14/h2-5H,1H3,(H,11,14). The lowest BCUT2D eigenvalue weighted by molar-refractivity contribution is 0.925. The molecule has 2 heterocycles. The average Bonchev–Trinajstić information content (AvgIpc) is 2.52. The summed E-state index contributed by atoms with van der Waals surface area (Å²) >= 11 is 3.32. The van der Waals surface area contributed by atoms with Crippen molar-refractivity contribution in [2.24, 2.45) is 0 Å². The van der Waals surface area contributed by atoms with E-state index in [0.29, 0.717) is 5.82 Å². The van der Waals surface area contributed by atoms with E-state index >= 15 is 0 Å². The van der Waals surface area contributed by atoms with Crippen LogP contribution in [-0.4, -0.2) is 14.5 Å². The predicted octanol–water partition coefficient (Wildman–Crippen LogP) is 1.63. The van der Waals surface area contributed by atoms with E-state index in [1.165, 1.54) is 4.57 Å². The molecule has 0 saturated carbocycles. The summed E-state index contributed by atoms with van der Waals surface area (Å²) in [5.74, 6) is 0.652. The second kappa shape index (κ2) is 3.42. The number of nitrogens with one attached hydrogen (secondary N) is 1. The summed E-state index contributed by atoms with van der Waals surface area (Å²) in [6, 6.07) is 1.92. The van der Waals surface area contributed by atoms with E-state index in [4.69, 9.17) is 0 Å². The number of aromatic amines is 1. The van der Waals surface area contributed by atoms with Crippen molar-refractivity contribution < 1.29 is 0 Å². The smallest absolute Gasteiger partial charge is 0.312 e. The number of aromatic nitrogens is 3. The first-order chi connectivity index (χ1) is 6.68. The van der Waals surface area contributed by atoms with Crippen LogP contribution in [-0.2, 0) is 0 Å². The zero-order chi connectivity index (χ0) is 10.1. The number of imidazole rings is 1. The maximum absolute atomic E-state index is 11.3. The number of rotatable bonds is 1. The van der Waals surface area contributed by atoms with Gasteiger partial charge in [-0.15, -0.1) is 0 Å². The molecule has 2 rings (SSSR count). The van der Waals surface area contributed by atoms with E-state index < -0.39 is 0 Å². The minimum Gasteiger partial charge on any atom is -0.312 e. The topological polar surface area (TPSA) is 50.7 Å². The van der Waals surface area contributed by atoms with Gasteiger partial charge in [-0.3, -0.25) is 4.57 Å². The molecule has 2 aromatic rings. The van der Waals surface area contributed by atoms with E-state index in [-0.39, 0.29) is 5.69 Å². The lowest BCUT2D eigenvalue weighted by atomic mass is 10.3. The molecule has 0 spiro atoms. The summed E-state index contributed by atoms with van der Waals surface area (Å²) in [7, 11) is 0. The quantitative estimate of drug-likeness (QED) is 0.840. The van der Waals surface area contributed by atoms with Crippen LogP contribution in [0.5, 0.6) is 0 Å². The first-order valence-corrected chi connectivity index (χ1v) is 4.86. The maximum Gasteiger partial charge on any atom is 0.331 e. The lowest BCUT2D eigenvalue weighted by Crippen LogP contribution is -2.16. The summed E-state index contributed by atoms with van der Waals surface area (Å²) in [6.07, 6.45) is 4.92. The van der Waals surface area contributed by atoms with Gasteiger partial charge in [0.05, 0.1) is 0 Å². The number of H-pyrrole nitrogens is 1. The van der Waals surface area contributed by atoms with Gasteiger partial charge in [0.25, 0.3) is 0 Å². The zero-order valence-electron chi connectivity index (χ0n) is 7.49. The Labute approximate surface area is 88.7 Å². The van der Waals surface area contributed by atoms with Crippen molar-refractivity contribution in [1.29, 1.82) is 0 Å². The van der Waals surface area contributed by atoms with Gasteiger partial charge in [-0.1, -0.05) is 0 Å². The molecule has 0 aliphatic heterocycles. The van der Waals surface area contributed by atoms with Crippen LogP contribution in [0.3, 0.4) is 0 Å². The molecular weight excluding hydrogens is 246 g/mol. The van der Waals surface area contributed by atoms with Crippen molar-refractivity contribution in [2.75, 3.05) is 0 Å². The molecule has 2 aromatic heterocycles. The van der Waals surface area contributed by atoms with Crippen LogP contribution in [0.2, 0.25) is 0 Å². The molecule has 0 aliphatic carbocycles. The monoisotopic (exact) mass is 253 g/mol. The molecule has 0 fully saturated rings. The van der Waals surface area contributed by atoms with Gasteiger partial charge in [-0.2, -0.15) is 0 Å². The van der Waals surface area contributed by atoms with Crippen molar-refractivity contribution in [2.45, 2.75) is 6.92 Å². The molecule has 0 amide bonds. The Bertz CT molecular complexity index is 515. The van der Waals surface area contributed by atoms with Gasteiger partial charge in [0.15, 0.2) is 0 Å². The number of hydrogen-bond donors (Lipinski definition) is 1. The normalized spacial score (nSPS) is 10.4. The largest absolute Gasteiger partial charge is 0.331 e. The van der Waals surface area contributed by atoms with Crippen LogP contribution < -0.4 is 5.69 Å². The Morgan fingerprint density at radius 3 is 2.93 bits per heavy atom. The Balaban J connectivity index is 2.63. The summed E-state index contributed by atoms with van der Waals surface area (Å²) in [5.41, 5.74) is 0.768. The van der Waals surface area contributed by atoms with E-state index in [9.17, 15) is 4.79 Å². The molecule has 4 nitrogen and oxygen atoms in total. The number of pyridine rings is 1. The number of hydrogen-bond acceptors (Lipinski definition) is 2. The van der Waals surface area contributed by atoms with Gasteiger partial charge < -0.3 is 4.98 Å². The Morgan fingerprint density at radius 1 is 1.57 bits per heavy atom. The van der Waals surface area contributed by atoms with Crippen molar-refractivity contribution in [1.82, 2.24) is 14.5 Å². The number of aryl methyl sites for hydroxylation is 1. The van der Waals surface area contributed by atoms with Crippen LogP contribution in [0.4, 0.5) is 0 Å². The molecule has 0 atom stereocenters. The molecule has 1 N–H and O–H groups in total. The molecule has 0 unspecified atom stereocenters. The Morgan fingerprint density at radius 2 is 2.36 bits per heavy atom. The molecule has 0 saturated heterocycles. The van der Waals surface area contributed by atoms with Gasteiger partial charge >= 0.3 is 5.69 Å². The minimum atomic E-state index is -0.178. The number of nitrogens with zero attached hydrogens (tertiary/aromatic N) is 2.